The summed E-state index contributed by atoms with van der Waals surface area (Å²) < 4.78 is 27.2. The van der Waals surface area contributed by atoms with Crippen molar-refractivity contribution in [3.05, 3.63) is 29.8 Å². The lowest BCUT2D eigenvalue weighted by atomic mass is 9.93. The summed E-state index contributed by atoms with van der Waals surface area (Å²) in [5.41, 5.74) is 0.792. The maximum absolute atomic E-state index is 12.8. The Kier molecular flexibility index (Phi) is 5.79. The summed E-state index contributed by atoms with van der Waals surface area (Å²) in [5.74, 6) is 0.724. The summed E-state index contributed by atoms with van der Waals surface area (Å²) in [5, 5.41) is 0. The van der Waals surface area contributed by atoms with E-state index in [0.29, 0.717) is 30.3 Å². The van der Waals surface area contributed by atoms with Crippen molar-refractivity contribution in [3.63, 3.8) is 0 Å². The summed E-state index contributed by atoms with van der Waals surface area (Å²) >= 11 is 0. The number of piperidine rings is 1. The summed E-state index contributed by atoms with van der Waals surface area (Å²) in [7, 11) is -3.40. The van der Waals surface area contributed by atoms with E-state index in [1.165, 1.54) is 0 Å². The number of carbonyl (C=O) groups is 1. The van der Waals surface area contributed by atoms with Crippen LogP contribution in [0.25, 0.3) is 0 Å². The van der Waals surface area contributed by atoms with E-state index in [9.17, 15) is 13.2 Å². The van der Waals surface area contributed by atoms with Gasteiger partial charge in [0.25, 0.3) is 0 Å². The van der Waals surface area contributed by atoms with Crippen LogP contribution in [0.3, 0.4) is 0 Å². The van der Waals surface area contributed by atoms with E-state index < -0.39 is 10.0 Å². The quantitative estimate of drug-likeness (QED) is 0.807. The fourth-order valence-corrected chi connectivity index (χ4v) is 5.57. The first-order valence-corrected chi connectivity index (χ1v) is 10.8. The molecular formula is C19H28N2O3S. The second-order valence-corrected chi connectivity index (χ2v) is 9.15. The van der Waals surface area contributed by atoms with Crippen molar-refractivity contribution in [1.82, 2.24) is 9.21 Å². The number of sulfonamides is 1. The lowest BCUT2D eigenvalue weighted by Crippen LogP contribution is -2.39. The van der Waals surface area contributed by atoms with Crippen LogP contribution in [0.2, 0.25) is 0 Å². The standard InChI is InChI=1S/C19H28N2O3S/c1-16-6-2-3-7-18(16)25(23,24)21-14-10-17(11-15-21)8-9-19(22)20-12-4-5-13-20/h2-3,6-7,17H,4-5,8-15H2,1H3. The normalized spacial score (nSPS) is 20.1. The summed E-state index contributed by atoms with van der Waals surface area (Å²) in [6, 6.07) is 7.16. The third-order valence-corrected chi connectivity index (χ3v) is 7.57. The molecule has 1 aromatic carbocycles. The molecule has 6 heteroatoms. The first kappa shape index (κ1) is 18.4. The first-order valence-electron chi connectivity index (χ1n) is 9.32. The predicted molar refractivity (Wildman–Crippen MR) is 97.7 cm³/mol. The van der Waals surface area contributed by atoms with Gasteiger partial charge in [-0.25, -0.2) is 8.42 Å². The van der Waals surface area contributed by atoms with Crippen LogP contribution in [0.4, 0.5) is 0 Å². The minimum atomic E-state index is -3.40. The lowest BCUT2D eigenvalue weighted by molar-refractivity contribution is -0.130. The highest BCUT2D eigenvalue weighted by molar-refractivity contribution is 7.89. The Bertz CT molecular complexity index is 703. The van der Waals surface area contributed by atoms with Gasteiger partial charge in [-0.2, -0.15) is 4.31 Å². The molecule has 2 aliphatic rings. The van der Waals surface area contributed by atoms with Gasteiger partial charge in [0.15, 0.2) is 0 Å². The number of rotatable bonds is 5. The van der Waals surface area contributed by atoms with Crippen molar-refractivity contribution < 1.29 is 13.2 Å². The van der Waals surface area contributed by atoms with E-state index >= 15 is 0 Å². The largest absolute Gasteiger partial charge is 0.343 e. The van der Waals surface area contributed by atoms with Crippen LogP contribution >= 0.6 is 0 Å². The van der Waals surface area contributed by atoms with Gasteiger partial charge < -0.3 is 4.90 Å². The molecule has 0 unspecified atom stereocenters. The number of hydrogen-bond donors (Lipinski definition) is 0. The number of aryl methyl sites for hydroxylation is 1. The molecule has 3 rings (SSSR count). The molecule has 138 valence electrons. The zero-order chi connectivity index (χ0) is 17.9. The molecule has 1 amide bonds. The predicted octanol–water partition coefficient (Wildman–Crippen LogP) is 2.80. The highest BCUT2D eigenvalue weighted by Crippen LogP contribution is 2.28. The molecular weight excluding hydrogens is 336 g/mol. The van der Waals surface area contributed by atoms with Gasteiger partial charge in [-0.3, -0.25) is 4.79 Å². The molecule has 2 heterocycles. The molecule has 25 heavy (non-hydrogen) atoms. The highest BCUT2D eigenvalue weighted by atomic mass is 32.2. The number of benzene rings is 1. The molecule has 0 radical (unpaired) electrons. The third kappa shape index (κ3) is 4.23. The van der Waals surface area contributed by atoms with E-state index in [4.69, 9.17) is 0 Å². The zero-order valence-corrected chi connectivity index (χ0v) is 15.8. The third-order valence-electron chi connectivity index (χ3n) is 5.51. The Labute approximate surface area is 151 Å². The van der Waals surface area contributed by atoms with Crippen molar-refractivity contribution in [2.24, 2.45) is 5.92 Å². The summed E-state index contributed by atoms with van der Waals surface area (Å²) in [4.78, 5) is 14.5. The molecule has 2 fully saturated rings. The average molecular weight is 365 g/mol. The molecule has 2 aliphatic heterocycles. The fourth-order valence-electron chi connectivity index (χ4n) is 3.88. The van der Waals surface area contributed by atoms with Crippen LogP contribution in [0.1, 0.15) is 44.1 Å². The van der Waals surface area contributed by atoms with Gasteiger partial charge in [-0.15, -0.1) is 0 Å². The van der Waals surface area contributed by atoms with Gasteiger partial charge in [-0.05, 0) is 56.6 Å². The number of amides is 1. The Morgan fingerprint density at radius 3 is 2.36 bits per heavy atom. The van der Waals surface area contributed by atoms with Crippen LogP contribution < -0.4 is 0 Å². The Balaban J connectivity index is 1.51. The van der Waals surface area contributed by atoms with Gasteiger partial charge >= 0.3 is 0 Å². The van der Waals surface area contributed by atoms with Crippen molar-refractivity contribution >= 4 is 15.9 Å². The SMILES string of the molecule is Cc1ccccc1S(=O)(=O)N1CCC(CCC(=O)N2CCCC2)CC1. The van der Waals surface area contributed by atoms with Gasteiger partial charge in [0.1, 0.15) is 0 Å². The van der Waals surface area contributed by atoms with Crippen molar-refractivity contribution in [2.45, 2.75) is 50.3 Å². The van der Waals surface area contributed by atoms with Crippen LogP contribution in [-0.4, -0.2) is 49.7 Å². The van der Waals surface area contributed by atoms with Crippen molar-refractivity contribution in [2.75, 3.05) is 26.2 Å². The minimum Gasteiger partial charge on any atom is -0.343 e. The number of carbonyl (C=O) groups excluding carboxylic acids is 1. The molecule has 5 nitrogen and oxygen atoms in total. The number of hydrogen-bond acceptors (Lipinski definition) is 3. The maximum atomic E-state index is 12.8. The lowest BCUT2D eigenvalue weighted by Gasteiger charge is -2.31. The smallest absolute Gasteiger partial charge is 0.243 e. The molecule has 0 N–H and O–H groups in total. The van der Waals surface area contributed by atoms with Crippen LogP contribution in [0, 0.1) is 12.8 Å². The minimum absolute atomic E-state index is 0.271. The van der Waals surface area contributed by atoms with Crippen molar-refractivity contribution in [3.8, 4) is 0 Å². The number of nitrogens with zero attached hydrogens (tertiary/aromatic N) is 2. The second-order valence-electron chi connectivity index (χ2n) is 7.24. The van der Waals surface area contributed by atoms with E-state index in [0.717, 1.165) is 50.8 Å². The summed E-state index contributed by atoms with van der Waals surface area (Å²) in [6.07, 6.45) is 5.43. The van der Waals surface area contributed by atoms with E-state index in [2.05, 4.69) is 0 Å². The molecule has 0 aromatic heterocycles. The second kappa shape index (κ2) is 7.87. The Morgan fingerprint density at radius 2 is 1.72 bits per heavy atom. The van der Waals surface area contributed by atoms with Crippen LogP contribution in [0.15, 0.2) is 29.2 Å². The number of likely N-dealkylation sites (tertiary alicyclic amines) is 1. The maximum Gasteiger partial charge on any atom is 0.243 e. The molecule has 2 saturated heterocycles. The van der Waals surface area contributed by atoms with Gasteiger partial charge in [0, 0.05) is 32.6 Å². The fraction of sp³-hybridized carbons (Fsp3) is 0.632. The van der Waals surface area contributed by atoms with Gasteiger partial charge in [0.2, 0.25) is 15.9 Å². The van der Waals surface area contributed by atoms with E-state index in [1.54, 1.807) is 16.4 Å². The van der Waals surface area contributed by atoms with Crippen molar-refractivity contribution in [1.29, 1.82) is 0 Å². The molecule has 1 aromatic rings. The first-order chi connectivity index (χ1) is 12.0. The molecule has 0 atom stereocenters. The van der Waals surface area contributed by atoms with E-state index in [-0.39, 0.29) is 5.91 Å². The highest BCUT2D eigenvalue weighted by Gasteiger charge is 2.30. The monoisotopic (exact) mass is 364 g/mol. The summed E-state index contributed by atoms with van der Waals surface area (Å²) in [6.45, 7) is 4.76. The molecule has 0 bridgehead atoms. The topological polar surface area (TPSA) is 57.7 Å². The van der Waals surface area contributed by atoms with E-state index in [1.807, 2.05) is 24.0 Å². The zero-order valence-electron chi connectivity index (χ0n) is 15.0. The molecule has 0 spiro atoms. The molecule has 0 saturated carbocycles. The van der Waals surface area contributed by atoms with Crippen LogP contribution in [-0.2, 0) is 14.8 Å². The van der Waals surface area contributed by atoms with Crippen LogP contribution in [0.5, 0.6) is 0 Å². The Morgan fingerprint density at radius 1 is 1.08 bits per heavy atom. The average Bonchev–Trinajstić information content (AvgIpc) is 3.15. The van der Waals surface area contributed by atoms with Gasteiger partial charge in [-0.1, -0.05) is 18.2 Å². The van der Waals surface area contributed by atoms with Gasteiger partial charge in [0.05, 0.1) is 4.90 Å². The Hall–Kier alpha value is -1.40. The molecule has 0 aliphatic carbocycles.